The summed E-state index contributed by atoms with van der Waals surface area (Å²) in [6.45, 7) is 0. The predicted octanol–water partition coefficient (Wildman–Crippen LogP) is 2.82. The molecule has 0 aliphatic heterocycles. The summed E-state index contributed by atoms with van der Waals surface area (Å²) in [6, 6.07) is 17.8. The number of non-ortho nitro benzene ring substituents is 1. The van der Waals surface area contributed by atoms with Crippen LogP contribution in [0.2, 0.25) is 0 Å². The molecule has 3 aromatic rings. The first-order chi connectivity index (χ1) is 12.1. The summed E-state index contributed by atoms with van der Waals surface area (Å²) < 4.78 is 0. The SMILES string of the molecule is O=C(NNC(=O)c1cccc2ccccc12)c1ccc([N+](=O)[O-])cc1. The van der Waals surface area contributed by atoms with Crippen molar-refractivity contribution < 1.29 is 14.5 Å². The fraction of sp³-hybridized carbons (Fsp3) is 0. The highest BCUT2D eigenvalue weighted by Gasteiger charge is 2.13. The van der Waals surface area contributed by atoms with Crippen LogP contribution in [0.5, 0.6) is 0 Å². The van der Waals surface area contributed by atoms with E-state index in [9.17, 15) is 19.7 Å². The topological polar surface area (TPSA) is 101 Å². The summed E-state index contributed by atoms with van der Waals surface area (Å²) in [4.78, 5) is 34.4. The summed E-state index contributed by atoms with van der Waals surface area (Å²) in [5.41, 5.74) is 5.17. The molecule has 7 nitrogen and oxygen atoms in total. The number of carbonyl (C=O) groups excluding carboxylic acids is 2. The van der Waals surface area contributed by atoms with Gasteiger partial charge in [-0.1, -0.05) is 36.4 Å². The van der Waals surface area contributed by atoms with Gasteiger partial charge >= 0.3 is 0 Å². The van der Waals surface area contributed by atoms with Crippen molar-refractivity contribution in [3.63, 3.8) is 0 Å². The van der Waals surface area contributed by atoms with Crippen LogP contribution in [-0.2, 0) is 0 Å². The minimum Gasteiger partial charge on any atom is -0.267 e. The minimum absolute atomic E-state index is 0.114. The van der Waals surface area contributed by atoms with Gasteiger partial charge in [-0.2, -0.15) is 0 Å². The summed E-state index contributed by atoms with van der Waals surface area (Å²) >= 11 is 0. The van der Waals surface area contributed by atoms with E-state index in [4.69, 9.17) is 0 Å². The highest BCUT2D eigenvalue weighted by atomic mass is 16.6. The number of hydrazine groups is 1. The molecule has 0 atom stereocenters. The zero-order valence-corrected chi connectivity index (χ0v) is 12.9. The Balaban J connectivity index is 1.71. The fourth-order valence-corrected chi connectivity index (χ4v) is 2.41. The Hall–Kier alpha value is -3.74. The second kappa shape index (κ2) is 6.79. The molecule has 25 heavy (non-hydrogen) atoms. The molecule has 124 valence electrons. The lowest BCUT2D eigenvalue weighted by molar-refractivity contribution is -0.384. The number of rotatable bonds is 3. The lowest BCUT2D eigenvalue weighted by Gasteiger charge is -2.09. The van der Waals surface area contributed by atoms with Crippen LogP contribution >= 0.6 is 0 Å². The van der Waals surface area contributed by atoms with Gasteiger partial charge < -0.3 is 0 Å². The largest absolute Gasteiger partial charge is 0.270 e. The Bertz CT molecular complexity index is 962. The van der Waals surface area contributed by atoms with E-state index in [1.807, 2.05) is 30.3 Å². The second-order valence-corrected chi connectivity index (χ2v) is 5.24. The number of nitrogens with one attached hydrogen (secondary N) is 2. The van der Waals surface area contributed by atoms with Crippen LogP contribution in [0.4, 0.5) is 5.69 Å². The van der Waals surface area contributed by atoms with Gasteiger partial charge in [-0.15, -0.1) is 0 Å². The standard InChI is InChI=1S/C18H13N3O4/c22-17(13-8-10-14(11-9-13)21(24)25)19-20-18(23)16-7-3-5-12-4-1-2-6-15(12)16/h1-11H,(H,19,22)(H,20,23). The van der Waals surface area contributed by atoms with Crippen molar-refractivity contribution in [2.24, 2.45) is 0 Å². The predicted molar refractivity (Wildman–Crippen MR) is 92.0 cm³/mol. The van der Waals surface area contributed by atoms with Gasteiger partial charge in [0.05, 0.1) is 4.92 Å². The van der Waals surface area contributed by atoms with Crippen LogP contribution in [0.1, 0.15) is 20.7 Å². The molecule has 3 rings (SSSR count). The Morgan fingerprint density at radius 3 is 2.16 bits per heavy atom. The number of fused-ring (bicyclic) bond motifs is 1. The van der Waals surface area contributed by atoms with Gasteiger partial charge in [0.1, 0.15) is 0 Å². The summed E-state index contributed by atoms with van der Waals surface area (Å²) in [5.74, 6) is -1.02. The normalized spacial score (nSPS) is 10.2. The molecule has 7 heteroatoms. The van der Waals surface area contributed by atoms with Crippen molar-refractivity contribution in [2.45, 2.75) is 0 Å². The van der Waals surface area contributed by atoms with Crippen molar-refractivity contribution in [3.8, 4) is 0 Å². The molecule has 0 aliphatic rings. The fourth-order valence-electron chi connectivity index (χ4n) is 2.41. The summed E-state index contributed by atoms with van der Waals surface area (Å²) in [6.07, 6.45) is 0. The monoisotopic (exact) mass is 335 g/mol. The molecule has 0 bridgehead atoms. The Morgan fingerprint density at radius 2 is 1.44 bits per heavy atom. The van der Waals surface area contributed by atoms with E-state index in [1.54, 1.807) is 12.1 Å². The molecule has 0 heterocycles. The molecule has 0 aromatic heterocycles. The van der Waals surface area contributed by atoms with Gasteiger partial charge in [0.25, 0.3) is 17.5 Å². The zero-order valence-electron chi connectivity index (χ0n) is 12.9. The number of hydrogen-bond donors (Lipinski definition) is 2. The molecule has 0 radical (unpaired) electrons. The third-order valence-corrected chi connectivity index (χ3v) is 3.66. The van der Waals surface area contributed by atoms with Gasteiger partial charge in [-0.05, 0) is 29.0 Å². The highest BCUT2D eigenvalue weighted by molar-refractivity contribution is 6.08. The summed E-state index contributed by atoms with van der Waals surface area (Å²) in [7, 11) is 0. The van der Waals surface area contributed by atoms with Gasteiger partial charge in [-0.25, -0.2) is 0 Å². The van der Waals surface area contributed by atoms with Gasteiger partial charge in [-0.3, -0.25) is 30.6 Å². The average molecular weight is 335 g/mol. The molecular formula is C18H13N3O4. The van der Waals surface area contributed by atoms with Crippen LogP contribution in [0.3, 0.4) is 0 Å². The maximum Gasteiger partial charge on any atom is 0.270 e. The first-order valence-corrected chi connectivity index (χ1v) is 7.39. The van der Waals surface area contributed by atoms with Gasteiger partial charge in [0, 0.05) is 23.3 Å². The summed E-state index contributed by atoms with van der Waals surface area (Å²) in [5, 5.41) is 12.3. The Kier molecular flexibility index (Phi) is 4.38. The quantitative estimate of drug-likeness (QED) is 0.567. The number of benzene rings is 3. The average Bonchev–Trinajstić information content (AvgIpc) is 2.65. The molecule has 0 unspecified atom stereocenters. The van der Waals surface area contributed by atoms with Crippen LogP contribution in [-0.4, -0.2) is 16.7 Å². The van der Waals surface area contributed by atoms with Crippen molar-refractivity contribution >= 4 is 28.3 Å². The number of carbonyl (C=O) groups is 2. The molecule has 0 saturated heterocycles. The van der Waals surface area contributed by atoms with Crippen molar-refractivity contribution in [1.82, 2.24) is 10.9 Å². The van der Waals surface area contributed by atoms with E-state index in [-0.39, 0.29) is 11.3 Å². The van der Waals surface area contributed by atoms with E-state index in [0.717, 1.165) is 10.8 Å². The number of amides is 2. The molecule has 0 fully saturated rings. The van der Waals surface area contributed by atoms with Gasteiger partial charge in [0.2, 0.25) is 0 Å². The second-order valence-electron chi connectivity index (χ2n) is 5.24. The first-order valence-electron chi connectivity index (χ1n) is 7.39. The van der Waals surface area contributed by atoms with E-state index in [0.29, 0.717) is 5.56 Å². The highest BCUT2D eigenvalue weighted by Crippen LogP contribution is 2.18. The van der Waals surface area contributed by atoms with E-state index in [1.165, 1.54) is 24.3 Å². The third kappa shape index (κ3) is 3.45. The molecule has 2 amide bonds. The first kappa shape index (κ1) is 16.1. The number of nitro benzene ring substituents is 1. The van der Waals surface area contributed by atoms with Crippen LogP contribution in [0.15, 0.2) is 66.7 Å². The maximum atomic E-state index is 12.3. The van der Waals surface area contributed by atoms with Gasteiger partial charge in [0.15, 0.2) is 0 Å². The maximum absolute atomic E-state index is 12.3. The lowest BCUT2D eigenvalue weighted by atomic mass is 10.0. The molecule has 0 aliphatic carbocycles. The van der Waals surface area contributed by atoms with Crippen molar-refractivity contribution in [1.29, 1.82) is 0 Å². The third-order valence-electron chi connectivity index (χ3n) is 3.66. The van der Waals surface area contributed by atoms with E-state index < -0.39 is 16.7 Å². The Labute approximate surface area is 142 Å². The Morgan fingerprint density at radius 1 is 0.800 bits per heavy atom. The van der Waals surface area contributed by atoms with Crippen molar-refractivity contribution in [2.75, 3.05) is 0 Å². The van der Waals surface area contributed by atoms with Crippen molar-refractivity contribution in [3.05, 3.63) is 88.0 Å². The molecular weight excluding hydrogens is 322 g/mol. The smallest absolute Gasteiger partial charge is 0.267 e. The van der Waals surface area contributed by atoms with E-state index >= 15 is 0 Å². The molecule has 0 spiro atoms. The van der Waals surface area contributed by atoms with Crippen LogP contribution in [0, 0.1) is 10.1 Å². The number of hydrogen-bond acceptors (Lipinski definition) is 4. The number of nitrogens with zero attached hydrogens (tertiary/aromatic N) is 1. The molecule has 0 saturated carbocycles. The zero-order chi connectivity index (χ0) is 17.8. The molecule has 3 aromatic carbocycles. The van der Waals surface area contributed by atoms with Crippen LogP contribution < -0.4 is 10.9 Å². The number of nitro groups is 1. The lowest BCUT2D eigenvalue weighted by Crippen LogP contribution is -2.41. The minimum atomic E-state index is -0.566. The molecule has 2 N–H and O–H groups in total. The van der Waals surface area contributed by atoms with E-state index in [2.05, 4.69) is 10.9 Å². The van der Waals surface area contributed by atoms with Crippen LogP contribution in [0.25, 0.3) is 10.8 Å².